The number of aryl methyl sites for hydroxylation is 2. The van der Waals surface area contributed by atoms with Gasteiger partial charge in [-0.05, 0) is 97.0 Å². The van der Waals surface area contributed by atoms with E-state index in [4.69, 9.17) is 8.83 Å². The monoisotopic (exact) mass is 817 g/mol. The Morgan fingerprint density at radius 1 is 0.613 bits per heavy atom. The van der Waals surface area contributed by atoms with Crippen LogP contribution in [0.15, 0.2) is 173 Å². The van der Waals surface area contributed by atoms with Crippen molar-refractivity contribution in [3.8, 4) is 22.3 Å². The van der Waals surface area contributed by atoms with Crippen LogP contribution in [-0.2, 0) is 6.42 Å². The van der Waals surface area contributed by atoms with Gasteiger partial charge in [0.2, 0.25) is 7.28 Å². The summed E-state index contributed by atoms with van der Waals surface area (Å²) in [6.07, 6.45) is 4.62. The predicted molar refractivity (Wildman–Crippen MR) is 265 cm³/mol. The summed E-state index contributed by atoms with van der Waals surface area (Å²) >= 11 is 1.83. The molecule has 8 aromatic carbocycles. The van der Waals surface area contributed by atoms with Gasteiger partial charge in [-0.25, -0.2) is 0 Å². The number of nitrogens with one attached hydrogen (secondary N) is 1. The molecule has 1 aliphatic rings. The summed E-state index contributed by atoms with van der Waals surface area (Å²) in [5.74, 6) is 0. The van der Waals surface area contributed by atoms with Crippen LogP contribution in [0.1, 0.15) is 37.3 Å². The largest absolute Gasteiger partial charge is 0.469 e. The lowest BCUT2D eigenvalue weighted by molar-refractivity contribution is 0.652. The molecule has 0 amide bonds. The lowest BCUT2D eigenvalue weighted by Gasteiger charge is -2.34. The minimum Gasteiger partial charge on any atom is -0.469 e. The van der Waals surface area contributed by atoms with E-state index in [1.165, 1.54) is 61.7 Å². The molecule has 6 heteroatoms. The average Bonchev–Trinajstić information content (AvgIpc) is 4.00. The molecule has 0 saturated carbocycles. The first-order chi connectivity index (χ1) is 30.6. The van der Waals surface area contributed by atoms with Gasteiger partial charge in [-0.15, -0.1) is 11.3 Å². The lowest BCUT2D eigenvalue weighted by atomic mass is 9.61. The summed E-state index contributed by atoms with van der Waals surface area (Å²) in [5.41, 5.74) is 16.7. The van der Waals surface area contributed by atoms with Crippen LogP contribution in [0.4, 0.5) is 28.4 Å². The Kier molecular flexibility index (Phi) is 8.82. The molecular formula is C56H42BN2O2S. The maximum Gasteiger partial charge on any atom is 0.247 e. The topological polar surface area (TPSA) is 41.6 Å². The molecule has 0 bridgehead atoms. The van der Waals surface area contributed by atoms with Gasteiger partial charge in [0.25, 0.3) is 0 Å². The van der Waals surface area contributed by atoms with Crippen LogP contribution >= 0.6 is 11.3 Å². The zero-order valence-corrected chi connectivity index (χ0v) is 35.5. The number of hydrogen-bond donors (Lipinski definition) is 1. The molecule has 0 spiro atoms. The summed E-state index contributed by atoms with van der Waals surface area (Å²) in [7, 11) is 2.26. The van der Waals surface area contributed by atoms with E-state index in [0.717, 1.165) is 90.0 Å². The van der Waals surface area contributed by atoms with Crippen molar-refractivity contribution in [2.75, 3.05) is 10.2 Å². The highest BCUT2D eigenvalue weighted by molar-refractivity contribution is 7.26. The van der Waals surface area contributed by atoms with Gasteiger partial charge in [0.1, 0.15) is 16.7 Å². The molecule has 12 rings (SSSR count). The minimum atomic E-state index is 0.816. The van der Waals surface area contributed by atoms with E-state index in [-0.39, 0.29) is 0 Å². The Morgan fingerprint density at radius 2 is 1.35 bits per heavy atom. The second-order valence-electron chi connectivity index (χ2n) is 16.6. The zero-order valence-electron chi connectivity index (χ0n) is 34.7. The molecule has 0 unspecified atom stereocenters. The van der Waals surface area contributed by atoms with E-state index >= 15 is 0 Å². The van der Waals surface area contributed by atoms with Gasteiger partial charge >= 0.3 is 0 Å². The van der Waals surface area contributed by atoms with Crippen molar-refractivity contribution in [3.05, 3.63) is 175 Å². The van der Waals surface area contributed by atoms with Crippen molar-refractivity contribution in [2.45, 2.75) is 39.5 Å². The molecule has 11 aromatic rings. The highest BCUT2D eigenvalue weighted by Gasteiger charge is 2.36. The number of para-hydroxylation sites is 2. The second-order valence-corrected chi connectivity index (χ2v) is 17.7. The Morgan fingerprint density at radius 3 is 2.18 bits per heavy atom. The van der Waals surface area contributed by atoms with Crippen molar-refractivity contribution in [1.29, 1.82) is 0 Å². The summed E-state index contributed by atoms with van der Waals surface area (Å²) < 4.78 is 16.4. The first-order valence-corrected chi connectivity index (χ1v) is 22.5. The van der Waals surface area contributed by atoms with Crippen LogP contribution < -0.4 is 21.3 Å². The lowest BCUT2D eigenvalue weighted by Crippen LogP contribution is -2.40. The SMILES string of the molecule is CCCCCc1ccc(N2c3cc4c(oc5ccccc54)c(-c4ccc5sc6ccccc6c5c4Nc4ccc(C)cc4)c3[B]c3oc4ccccc4c32)c(-c2ccccc2)c1. The van der Waals surface area contributed by atoms with Crippen LogP contribution in [0, 0.1) is 6.92 Å². The Balaban J connectivity index is 1.20. The summed E-state index contributed by atoms with van der Waals surface area (Å²) in [4.78, 5) is 2.48. The molecule has 4 nitrogen and oxygen atoms in total. The van der Waals surface area contributed by atoms with Gasteiger partial charge in [-0.3, -0.25) is 0 Å². The summed E-state index contributed by atoms with van der Waals surface area (Å²) in [6, 6.07) is 59.3. The summed E-state index contributed by atoms with van der Waals surface area (Å²) in [5, 5.41) is 9.63. The van der Waals surface area contributed by atoms with E-state index < -0.39 is 0 Å². The van der Waals surface area contributed by atoms with E-state index in [0.29, 0.717) is 0 Å². The van der Waals surface area contributed by atoms with Crippen molar-refractivity contribution in [2.24, 2.45) is 0 Å². The molecular weight excluding hydrogens is 776 g/mol. The molecule has 1 N–H and O–H groups in total. The highest BCUT2D eigenvalue weighted by Crippen LogP contribution is 2.51. The Hall–Kier alpha value is -7.02. The van der Waals surface area contributed by atoms with Gasteiger partial charge < -0.3 is 19.1 Å². The van der Waals surface area contributed by atoms with Gasteiger partial charge in [-0.2, -0.15) is 0 Å². The number of rotatable bonds is 9. The van der Waals surface area contributed by atoms with Crippen LogP contribution in [-0.4, -0.2) is 7.28 Å². The van der Waals surface area contributed by atoms with E-state index in [2.05, 4.69) is 195 Å². The zero-order chi connectivity index (χ0) is 41.3. The van der Waals surface area contributed by atoms with Crippen molar-refractivity contribution < 1.29 is 8.83 Å². The van der Waals surface area contributed by atoms with Crippen LogP contribution in [0.25, 0.3) is 75.3 Å². The quantitative estimate of drug-likeness (QED) is 0.116. The first kappa shape index (κ1) is 36.8. The maximum atomic E-state index is 7.06. The predicted octanol–water partition coefficient (Wildman–Crippen LogP) is 15.3. The molecule has 1 aliphatic heterocycles. The average molecular weight is 818 g/mol. The Labute approximate surface area is 365 Å². The highest BCUT2D eigenvalue weighted by atomic mass is 32.1. The van der Waals surface area contributed by atoms with Gasteiger partial charge in [0.15, 0.2) is 0 Å². The summed E-state index contributed by atoms with van der Waals surface area (Å²) in [6.45, 7) is 4.40. The van der Waals surface area contributed by atoms with Crippen LogP contribution in [0.3, 0.4) is 0 Å². The van der Waals surface area contributed by atoms with Crippen LogP contribution in [0.2, 0.25) is 0 Å². The van der Waals surface area contributed by atoms with Gasteiger partial charge in [0.05, 0.1) is 22.7 Å². The number of fused-ring (bicyclic) bond motifs is 10. The number of anilines is 5. The van der Waals surface area contributed by atoms with Crippen LogP contribution in [0.5, 0.6) is 0 Å². The van der Waals surface area contributed by atoms with Crippen molar-refractivity contribution in [3.63, 3.8) is 0 Å². The third-order valence-corrected chi connectivity index (χ3v) is 13.7. The maximum absolute atomic E-state index is 7.06. The molecule has 0 aliphatic carbocycles. The van der Waals surface area contributed by atoms with E-state index in [9.17, 15) is 0 Å². The number of benzene rings is 8. The molecule has 4 heterocycles. The smallest absolute Gasteiger partial charge is 0.247 e. The van der Waals surface area contributed by atoms with Gasteiger partial charge in [-0.1, -0.05) is 128 Å². The number of hydrogen-bond acceptors (Lipinski definition) is 5. The third kappa shape index (κ3) is 5.96. The number of nitrogens with zero attached hydrogens (tertiary/aromatic N) is 1. The number of furan rings is 2. The second kappa shape index (κ2) is 14.9. The Bertz CT molecular complexity index is 3510. The molecule has 0 saturated heterocycles. The van der Waals surface area contributed by atoms with Crippen molar-refractivity contribution in [1.82, 2.24) is 0 Å². The molecule has 3 aromatic heterocycles. The number of thiophene rings is 1. The van der Waals surface area contributed by atoms with E-state index in [1.807, 2.05) is 11.3 Å². The fourth-order valence-corrected chi connectivity index (χ4v) is 10.8. The molecule has 297 valence electrons. The minimum absolute atomic E-state index is 0.816. The normalized spacial score (nSPS) is 12.4. The fraction of sp³-hybridized carbons (Fsp3) is 0.107. The molecule has 0 fully saturated rings. The van der Waals surface area contributed by atoms with Gasteiger partial charge in [0, 0.05) is 64.4 Å². The molecule has 0 atom stereocenters. The molecule has 1 radical (unpaired) electrons. The standard InChI is InChI=1S/C56H42BN2O2S/c1-3-4-6-15-35-26-30-44(42(32-35)36-16-7-5-8-17-36)59-45-33-43-38-18-9-12-21-46(38)60-55(43)51(52(45)57-56-54(59)39-19-10-13-22-47(39)61-56)41-29-31-49-50(40-20-11-14-23-48(40)62-49)53(41)58-37-27-24-34(2)25-28-37/h5,7-14,16-33,58H,3-4,6,15H2,1-2H3. The fourth-order valence-electron chi connectivity index (χ4n) is 9.64. The first-order valence-electron chi connectivity index (χ1n) is 21.7. The molecule has 62 heavy (non-hydrogen) atoms. The van der Waals surface area contributed by atoms with E-state index in [1.54, 1.807) is 0 Å². The van der Waals surface area contributed by atoms with Crippen molar-refractivity contribution >= 4 is 111 Å². The third-order valence-electron chi connectivity index (χ3n) is 12.6. The number of unbranched alkanes of at least 4 members (excludes halogenated alkanes) is 2.